The standard InChI is InChI=1S/C19H29N3O3/c1-14(2)19(3,12-17(23)24)21-18(25)15-8-9-16(20-13-15)22-10-6-4-5-7-11-22/h8-9,13-14H,4-7,10-12H2,1-3H3,(H,21,25)(H,23,24). The number of carbonyl (C=O) groups is 2. The second kappa shape index (κ2) is 8.32. The van der Waals surface area contributed by atoms with Crippen molar-refractivity contribution in [2.24, 2.45) is 5.92 Å². The van der Waals surface area contributed by atoms with Crippen molar-refractivity contribution in [2.45, 2.75) is 58.4 Å². The number of aromatic nitrogens is 1. The molecule has 0 spiro atoms. The molecule has 2 heterocycles. The van der Waals surface area contributed by atoms with E-state index in [-0.39, 0.29) is 18.2 Å². The number of hydrogen-bond acceptors (Lipinski definition) is 4. The average Bonchev–Trinajstić information content (AvgIpc) is 2.83. The van der Waals surface area contributed by atoms with E-state index in [0.717, 1.165) is 18.9 Å². The zero-order valence-electron chi connectivity index (χ0n) is 15.4. The van der Waals surface area contributed by atoms with Crippen molar-refractivity contribution in [3.05, 3.63) is 23.9 Å². The molecule has 0 aliphatic carbocycles. The van der Waals surface area contributed by atoms with Crippen molar-refractivity contribution >= 4 is 17.7 Å². The first-order valence-corrected chi connectivity index (χ1v) is 9.07. The topological polar surface area (TPSA) is 82.5 Å². The van der Waals surface area contributed by atoms with E-state index in [9.17, 15) is 9.59 Å². The highest BCUT2D eigenvalue weighted by molar-refractivity contribution is 5.94. The van der Waals surface area contributed by atoms with E-state index < -0.39 is 11.5 Å². The summed E-state index contributed by atoms with van der Waals surface area (Å²) in [6, 6.07) is 3.65. The monoisotopic (exact) mass is 347 g/mol. The van der Waals surface area contributed by atoms with Crippen LogP contribution < -0.4 is 10.2 Å². The Hall–Kier alpha value is -2.11. The van der Waals surface area contributed by atoms with Gasteiger partial charge in [0.15, 0.2) is 0 Å². The zero-order chi connectivity index (χ0) is 18.4. The van der Waals surface area contributed by atoms with Crippen molar-refractivity contribution in [3.63, 3.8) is 0 Å². The predicted octanol–water partition coefficient (Wildman–Crippen LogP) is 3.08. The fourth-order valence-corrected chi connectivity index (χ4v) is 3.05. The lowest BCUT2D eigenvalue weighted by molar-refractivity contribution is -0.138. The third-order valence-electron chi connectivity index (χ3n) is 5.13. The molecule has 1 fully saturated rings. The Kier molecular flexibility index (Phi) is 6.39. The number of anilines is 1. The van der Waals surface area contributed by atoms with Crippen molar-refractivity contribution in [1.82, 2.24) is 10.3 Å². The summed E-state index contributed by atoms with van der Waals surface area (Å²) in [5, 5.41) is 12.0. The Bertz CT molecular complexity index is 592. The normalized spacial score (nSPS) is 17.7. The molecule has 1 unspecified atom stereocenters. The van der Waals surface area contributed by atoms with Gasteiger partial charge in [-0.25, -0.2) is 4.98 Å². The summed E-state index contributed by atoms with van der Waals surface area (Å²) in [7, 11) is 0. The number of carboxylic acid groups (broad SMARTS) is 1. The van der Waals surface area contributed by atoms with Crippen molar-refractivity contribution < 1.29 is 14.7 Å². The molecule has 2 rings (SSSR count). The number of pyridine rings is 1. The number of amides is 1. The van der Waals surface area contributed by atoms with Gasteiger partial charge in [-0.15, -0.1) is 0 Å². The van der Waals surface area contributed by atoms with Gasteiger partial charge in [0.25, 0.3) is 5.91 Å². The van der Waals surface area contributed by atoms with Crippen LogP contribution in [0.2, 0.25) is 0 Å². The van der Waals surface area contributed by atoms with E-state index in [2.05, 4.69) is 15.2 Å². The molecule has 138 valence electrons. The Morgan fingerprint density at radius 2 is 1.88 bits per heavy atom. The largest absolute Gasteiger partial charge is 0.481 e. The van der Waals surface area contributed by atoms with Crippen LogP contribution in [0.1, 0.15) is 63.2 Å². The van der Waals surface area contributed by atoms with Gasteiger partial charge in [0.05, 0.1) is 17.5 Å². The molecule has 0 radical (unpaired) electrons. The van der Waals surface area contributed by atoms with Crippen LogP contribution in [-0.4, -0.2) is 40.6 Å². The van der Waals surface area contributed by atoms with E-state index in [1.54, 1.807) is 19.2 Å². The van der Waals surface area contributed by atoms with Crippen molar-refractivity contribution in [1.29, 1.82) is 0 Å². The summed E-state index contributed by atoms with van der Waals surface area (Å²) in [6.45, 7) is 7.58. The molecular weight excluding hydrogens is 318 g/mol. The van der Waals surface area contributed by atoms with Gasteiger partial charge in [-0.2, -0.15) is 0 Å². The molecule has 1 aliphatic rings. The maximum atomic E-state index is 12.5. The first-order chi connectivity index (χ1) is 11.8. The first kappa shape index (κ1) is 19.2. The fraction of sp³-hybridized carbons (Fsp3) is 0.632. The van der Waals surface area contributed by atoms with E-state index in [1.165, 1.54) is 25.7 Å². The van der Waals surface area contributed by atoms with Crippen LogP contribution in [0.3, 0.4) is 0 Å². The number of carbonyl (C=O) groups excluding carboxylic acids is 1. The average molecular weight is 347 g/mol. The van der Waals surface area contributed by atoms with E-state index in [0.29, 0.717) is 5.56 Å². The summed E-state index contributed by atoms with van der Waals surface area (Å²) in [5.74, 6) is -0.314. The number of nitrogens with zero attached hydrogens (tertiary/aromatic N) is 2. The van der Waals surface area contributed by atoms with Gasteiger partial charge in [0.1, 0.15) is 5.82 Å². The fourth-order valence-electron chi connectivity index (χ4n) is 3.05. The maximum absolute atomic E-state index is 12.5. The molecule has 0 bridgehead atoms. The third-order valence-corrected chi connectivity index (χ3v) is 5.13. The minimum absolute atomic E-state index is 0.00289. The molecule has 1 aromatic heterocycles. The van der Waals surface area contributed by atoms with Crippen LogP contribution >= 0.6 is 0 Å². The van der Waals surface area contributed by atoms with Crippen LogP contribution in [0.5, 0.6) is 0 Å². The lowest BCUT2D eigenvalue weighted by Crippen LogP contribution is -2.51. The SMILES string of the molecule is CC(C)C(C)(CC(=O)O)NC(=O)c1ccc(N2CCCCCC2)nc1. The molecule has 0 saturated carbocycles. The Morgan fingerprint density at radius 1 is 1.24 bits per heavy atom. The molecule has 6 heteroatoms. The second-order valence-electron chi connectivity index (χ2n) is 7.40. The van der Waals surface area contributed by atoms with Crippen molar-refractivity contribution in [2.75, 3.05) is 18.0 Å². The van der Waals surface area contributed by atoms with Gasteiger partial charge >= 0.3 is 5.97 Å². The van der Waals surface area contributed by atoms with Gasteiger partial charge in [-0.3, -0.25) is 9.59 Å². The maximum Gasteiger partial charge on any atom is 0.305 e. The number of carboxylic acids is 1. The van der Waals surface area contributed by atoms with Crippen LogP contribution in [0.15, 0.2) is 18.3 Å². The molecule has 1 amide bonds. The molecule has 2 N–H and O–H groups in total. The Labute approximate surface area is 149 Å². The number of hydrogen-bond donors (Lipinski definition) is 2. The quantitative estimate of drug-likeness (QED) is 0.826. The van der Waals surface area contributed by atoms with Gasteiger partial charge in [0, 0.05) is 19.3 Å². The highest BCUT2D eigenvalue weighted by atomic mass is 16.4. The van der Waals surface area contributed by atoms with Crippen LogP contribution in [-0.2, 0) is 4.79 Å². The highest BCUT2D eigenvalue weighted by Gasteiger charge is 2.33. The third kappa shape index (κ3) is 5.18. The van der Waals surface area contributed by atoms with Crippen LogP contribution in [0.4, 0.5) is 5.82 Å². The molecule has 1 saturated heterocycles. The predicted molar refractivity (Wildman–Crippen MR) is 97.9 cm³/mol. The molecular formula is C19H29N3O3. The minimum Gasteiger partial charge on any atom is -0.481 e. The molecule has 6 nitrogen and oxygen atoms in total. The molecule has 0 aromatic carbocycles. The lowest BCUT2D eigenvalue weighted by Gasteiger charge is -2.33. The number of rotatable bonds is 6. The smallest absolute Gasteiger partial charge is 0.305 e. The number of nitrogens with one attached hydrogen (secondary N) is 1. The number of aliphatic carboxylic acids is 1. The van der Waals surface area contributed by atoms with Gasteiger partial charge in [-0.05, 0) is 37.8 Å². The lowest BCUT2D eigenvalue weighted by atomic mass is 9.85. The summed E-state index contributed by atoms with van der Waals surface area (Å²) < 4.78 is 0. The molecule has 1 aliphatic heterocycles. The Balaban J connectivity index is 2.07. The summed E-state index contributed by atoms with van der Waals surface area (Å²) in [6.07, 6.45) is 6.33. The first-order valence-electron chi connectivity index (χ1n) is 9.07. The zero-order valence-corrected chi connectivity index (χ0v) is 15.4. The molecule has 1 aromatic rings. The highest BCUT2D eigenvalue weighted by Crippen LogP contribution is 2.22. The summed E-state index contributed by atoms with van der Waals surface area (Å²) in [4.78, 5) is 30.4. The summed E-state index contributed by atoms with van der Waals surface area (Å²) >= 11 is 0. The van der Waals surface area contributed by atoms with Gasteiger partial charge in [-0.1, -0.05) is 26.7 Å². The van der Waals surface area contributed by atoms with E-state index in [4.69, 9.17) is 5.11 Å². The van der Waals surface area contributed by atoms with E-state index in [1.807, 2.05) is 19.9 Å². The van der Waals surface area contributed by atoms with E-state index >= 15 is 0 Å². The van der Waals surface area contributed by atoms with Gasteiger partial charge < -0.3 is 15.3 Å². The van der Waals surface area contributed by atoms with Crippen LogP contribution in [0.25, 0.3) is 0 Å². The van der Waals surface area contributed by atoms with Crippen LogP contribution in [0, 0.1) is 5.92 Å². The minimum atomic E-state index is -0.925. The second-order valence-corrected chi connectivity index (χ2v) is 7.40. The molecule has 25 heavy (non-hydrogen) atoms. The molecule has 1 atom stereocenters. The Morgan fingerprint density at radius 3 is 2.36 bits per heavy atom. The van der Waals surface area contributed by atoms with Gasteiger partial charge in [0.2, 0.25) is 0 Å². The van der Waals surface area contributed by atoms with Crippen molar-refractivity contribution in [3.8, 4) is 0 Å². The summed E-state index contributed by atoms with van der Waals surface area (Å²) in [5.41, 5.74) is -0.345.